The van der Waals surface area contributed by atoms with Gasteiger partial charge in [0.1, 0.15) is 11.3 Å². The molecule has 0 aliphatic heterocycles. The van der Waals surface area contributed by atoms with Crippen molar-refractivity contribution >= 4 is 11.5 Å². The number of nitrogens with zero attached hydrogens (tertiary/aromatic N) is 2. The van der Waals surface area contributed by atoms with E-state index in [4.69, 9.17) is 0 Å². The van der Waals surface area contributed by atoms with Crippen LogP contribution in [0.3, 0.4) is 0 Å². The van der Waals surface area contributed by atoms with Gasteiger partial charge in [-0.3, -0.25) is 0 Å². The van der Waals surface area contributed by atoms with Crippen LogP contribution in [0, 0.1) is 5.92 Å². The van der Waals surface area contributed by atoms with Crippen LogP contribution < -0.4 is 0 Å². The summed E-state index contributed by atoms with van der Waals surface area (Å²) < 4.78 is 3.75. The monoisotopic (exact) mass is 184 g/mol. The SMILES string of the molecule is CCCC1CC1(O)c1csnn1. The average molecular weight is 184 g/mol. The Balaban J connectivity index is 2.07. The lowest BCUT2D eigenvalue weighted by Gasteiger charge is -2.04. The molecule has 1 fully saturated rings. The van der Waals surface area contributed by atoms with Crippen molar-refractivity contribution in [3.63, 3.8) is 0 Å². The first-order valence-corrected chi connectivity index (χ1v) is 5.11. The maximum Gasteiger partial charge on any atom is 0.113 e. The fourth-order valence-corrected chi connectivity index (χ4v) is 2.21. The minimum Gasteiger partial charge on any atom is -0.383 e. The molecule has 1 aliphatic rings. The zero-order valence-corrected chi connectivity index (χ0v) is 7.84. The van der Waals surface area contributed by atoms with Gasteiger partial charge in [0.15, 0.2) is 0 Å². The van der Waals surface area contributed by atoms with Gasteiger partial charge >= 0.3 is 0 Å². The van der Waals surface area contributed by atoms with E-state index in [-0.39, 0.29) is 0 Å². The van der Waals surface area contributed by atoms with E-state index in [1.165, 1.54) is 11.5 Å². The molecule has 1 aromatic rings. The molecule has 0 bridgehead atoms. The van der Waals surface area contributed by atoms with Gasteiger partial charge in [0.05, 0.1) is 0 Å². The summed E-state index contributed by atoms with van der Waals surface area (Å²) in [5.74, 6) is 0.423. The van der Waals surface area contributed by atoms with Crippen LogP contribution in [0.1, 0.15) is 31.9 Å². The molecule has 2 unspecified atom stereocenters. The normalized spacial score (nSPS) is 33.7. The summed E-state index contributed by atoms with van der Waals surface area (Å²) in [4.78, 5) is 0. The maximum absolute atomic E-state index is 9.98. The summed E-state index contributed by atoms with van der Waals surface area (Å²) >= 11 is 1.31. The van der Waals surface area contributed by atoms with Gasteiger partial charge in [-0.1, -0.05) is 17.8 Å². The second-order valence-corrected chi connectivity index (χ2v) is 4.01. The van der Waals surface area contributed by atoms with Gasteiger partial charge in [-0.15, -0.1) is 5.10 Å². The highest BCUT2D eigenvalue weighted by Crippen LogP contribution is 2.53. The molecule has 4 heteroatoms. The first kappa shape index (κ1) is 8.13. The second-order valence-electron chi connectivity index (χ2n) is 3.40. The molecule has 1 saturated carbocycles. The van der Waals surface area contributed by atoms with E-state index in [0.29, 0.717) is 5.92 Å². The third kappa shape index (κ3) is 1.15. The summed E-state index contributed by atoms with van der Waals surface area (Å²) in [6.07, 6.45) is 3.09. The van der Waals surface area contributed by atoms with Gasteiger partial charge in [-0.2, -0.15) is 0 Å². The number of rotatable bonds is 3. The molecular formula is C8H12N2OS. The highest BCUT2D eigenvalue weighted by Gasteiger charge is 2.55. The van der Waals surface area contributed by atoms with Crippen LogP contribution in [-0.4, -0.2) is 14.7 Å². The predicted molar refractivity (Wildman–Crippen MR) is 46.8 cm³/mol. The highest BCUT2D eigenvalue weighted by atomic mass is 32.1. The quantitative estimate of drug-likeness (QED) is 0.775. The van der Waals surface area contributed by atoms with Gasteiger partial charge in [-0.05, 0) is 30.3 Å². The van der Waals surface area contributed by atoms with Crippen LogP contribution >= 0.6 is 11.5 Å². The molecule has 12 heavy (non-hydrogen) atoms. The minimum atomic E-state index is -0.622. The maximum atomic E-state index is 9.98. The number of hydrogen-bond donors (Lipinski definition) is 1. The molecule has 1 N–H and O–H groups in total. The molecule has 1 heterocycles. The van der Waals surface area contributed by atoms with E-state index in [0.717, 1.165) is 25.0 Å². The van der Waals surface area contributed by atoms with Crippen molar-refractivity contribution in [2.45, 2.75) is 31.8 Å². The molecule has 2 rings (SSSR count). The topological polar surface area (TPSA) is 46.0 Å². The molecule has 66 valence electrons. The molecule has 1 aromatic heterocycles. The standard InChI is InChI=1S/C8H12N2OS/c1-2-3-6-4-8(6,11)7-5-12-10-9-7/h5-6,11H,2-4H2,1H3. The Morgan fingerprint density at radius 1 is 1.83 bits per heavy atom. The van der Waals surface area contributed by atoms with Gasteiger partial charge in [0.2, 0.25) is 0 Å². The minimum absolute atomic E-state index is 0.423. The first-order chi connectivity index (χ1) is 5.77. The summed E-state index contributed by atoms with van der Waals surface area (Å²) in [7, 11) is 0. The molecule has 0 radical (unpaired) electrons. The van der Waals surface area contributed by atoms with Crippen LogP contribution in [0.25, 0.3) is 0 Å². The molecule has 0 amide bonds. The largest absolute Gasteiger partial charge is 0.383 e. The van der Waals surface area contributed by atoms with E-state index < -0.39 is 5.60 Å². The zero-order valence-electron chi connectivity index (χ0n) is 7.03. The lowest BCUT2D eigenvalue weighted by atomic mass is 10.1. The fraction of sp³-hybridized carbons (Fsp3) is 0.750. The third-order valence-electron chi connectivity index (χ3n) is 2.51. The first-order valence-electron chi connectivity index (χ1n) is 4.27. The van der Waals surface area contributed by atoms with Crippen LogP contribution in [0.4, 0.5) is 0 Å². The summed E-state index contributed by atoms with van der Waals surface area (Å²) in [5, 5.41) is 15.7. The summed E-state index contributed by atoms with van der Waals surface area (Å²) in [5.41, 5.74) is 0.147. The van der Waals surface area contributed by atoms with Gasteiger partial charge in [0, 0.05) is 5.38 Å². The smallest absolute Gasteiger partial charge is 0.113 e. The van der Waals surface area contributed by atoms with Crippen molar-refractivity contribution < 1.29 is 5.11 Å². The Labute approximate surface area is 75.6 Å². The third-order valence-corrected chi connectivity index (χ3v) is 3.02. The molecule has 0 saturated heterocycles. The van der Waals surface area contributed by atoms with Gasteiger partial charge < -0.3 is 5.11 Å². The van der Waals surface area contributed by atoms with Crippen LogP contribution in [0.5, 0.6) is 0 Å². The molecule has 1 aliphatic carbocycles. The lowest BCUT2D eigenvalue weighted by molar-refractivity contribution is 0.124. The van der Waals surface area contributed by atoms with E-state index in [2.05, 4.69) is 16.5 Å². The zero-order chi connectivity index (χ0) is 8.60. The molecule has 3 nitrogen and oxygen atoms in total. The molecule has 0 aromatic carbocycles. The summed E-state index contributed by atoms with van der Waals surface area (Å²) in [6, 6.07) is 0. The van der Waals surface area contributed by atoms with Crippen molar-refractivity contribution in [1.82, 2.24) is 9.59 Å². The van der Waals surface area contributed by atoms with Gasteiger partial charge in [-0.25, -0.2) is 0 Å². The van der Waals surface area contributed by atoms with Crippen molar-refractivity contribution in [1.29, 1.82) is 0 Å². The lowest BCUT2D eigenvalue weighted by Crippen LogP contribution is -2.09. The molecular weight excluding hydrogens is 172 g/mol. The summed E-state index contributed by atoms with van der Waals surface area (Å²) in [6.45, 7) is 2.14. The van der Waals surface area contributed by atoms with E-state index in [1.807, 2.05) is 5.38 Å². The average Bonchev–Trinajstić information content (AvgIpc) is 2.57. The van der Waals surface area contributed by atoms with Crippen LogP contribution in [0.15, 0.2) is 5.38 Å². The number of hydrogen-bond acceptors (Lipinski definition) is 4. The molecule has 0 spiro atoms. The van der Waals surface area contributed by atoms with E-state index in [1.54, 1.807) is 0 Å². The van der Waals surface area contributed by atoms with E-state index >= 15 is 0 Å². The van der Waals surface area contributed by atoms with Crippen molar-refractivity contribution in [2.75, 3.05) is 0 Å². The van der Waals surface area contributed by atoms with Gasteiger partial charge in [0.25, 0.3) is 0 Å². The predicted octanol–water partition coefficient (Wildman–Crippen LogP) is 1.55. The fourth-order valence-electron chi connectivity index (χ4n) is 1.67. The van der Waals surface area contributed by atoms with E-state index in [9.17, 15) is 5.11 Å². The van der Waals surface area contributed by atoms with Crippen LogP contribution in [0.2, 0.25) is 0 Å². The van der Waals surface area contributed by atoms with Crippen molar-refractivity contribution in [3.05, 3.63) is 11.1 Å². The Bertz CT molecular complexity index is 262. The second kappa shape index (κ2) is 2.78. The Hall–Kier alpha value is -0.480. The van der Waals surface area contributed by atoms with Crippen molar-refractivity contribution in [2.24, 2.45) is 5.92 Å². The highest BCUT2D eigenvalue weighted by molar-refractivity contribution is 7.03. The van der Waals surface area contributed by atoms with Crippen LogP contribution in [-0.2, 0) is 5.60 Å². The Morgan fingerprint density at radius 2 is 2.67 bits per heavy atom. The Kier molecular flexibility index (Phi) is 1.88. The van der Waals surface area contributed by atoms with Crippen molar-refractivity contribution in [3.8, 4) is 0 Å². The molecule has 2 atom stereocenters. The number of aliphatic hydroxyl groups is 1. The number of aromatic nitrogens is 2. The Morgan fingerprint density at radius 3 is 3.25 bits per heavy atom.